The van der Waals surface area contributed by atoms with E-state index in [0.717, 1.165) is 19.3 Å². The fourth-order valence-electron chi connectivity index (χ4n) is 1.97. The summed E-state index contributed by atoms with van der Waals surface area (Å²) in [7, 11) is 0. The van der Waals surface area contributed by atoms with Crippen molar-refractivity contribution >= 4 is 12.2 Å². The summed E-state index contributed by atoms with van der Waals surface area (Å²) < 4.78 is 2.16. The molecular weight excluding hydrogens is 198 g/mol. The molecular formula is C9H17N3OS. The summed E-state index contributed by atoms with van der Waals surface area (Å²) in [6.07, 6.45) is 2.74. The van der Waals surface area contributed by atoms with Gasteiger partial charge in [-0.3, -0.25) is 9.67 Å². The average Bonchev–Trinajstić information content (AvgIpc) is 2.53. The maximum absolute atomic E-state index is 11.6. The van der Waals surface area contributed by atoms with Crippen LogP contribution in [0.15, 0.2) is 4.79 Å². The Balaban J connectivity index is 3.38. The lowest BCUT2D eigenvalue weighted by Gasteiger charge is -2.30. The van der Waals surface area contributed by atoms with Crippen molar-refractivity contribution in [2.24, 2.45) is 0 Å². The monoisotopic (exact) mass is 215 g/mol. The van der Waals surface area contributed by atoms with Gasteiger partial charge in [0, 0.05) is 0 Å². The van der Waals surface area contributed by atoms with Gasteiger partial charge >= 0.3 is 5.69 Å². The van der Waals surface area contributed by atoms with Crippen LogP contribution in [0.1, 0.15) is 40.0 Å². The van der Waals surface area contributed by atoms with Gasteiger partial charge in [-0.05, 0) is 31.5 Å². The minimum absolute atomic E-state index is 0.134. The number of aromatic amines is 2. The zero-order valence-corrected chi connectivity index (χ0v) is 9.70. The molecule has 0 aliphatic rings. The van der Waals surface area contributed by atoms with Gasteiger partial charge in [0.2, 0.25) is 0 Å². The molecule has 14 heavy (non-hydrogen) atoms. The molecule has 0 saturated carbocycles. The second-order valence-corrected chi connectivity index (χ2v) is 3.87. The van der Waals surface area contributed by atoms with Crippen LogP contribution in [-0.2, 0) is 5.54 Å². The number of nitrogens with zero attached hydrogens (tertiary/aromatic N) is 1. The van der Waals surface area contributed by atoms with E-state index in [1.807, 2.05) is 0 Å². The maximum atomic E-state index is 11.6. The van der Waals surface area contributed by atoms with Gasteiger partial charge in [-0.1, -0.05) is 20.8 Å². The smallest absolute Gasteiger partial charge is 0.272 e. The Hall–Kier alpha value is -0.840. The van der Waals surface area contributed by atoms with E-state index in [1.165, 1.54) is 0 Å². The van der Waals surface area contributed by atoms with Gasteiger partial charge in [-0.2, -0.15) is 0 Å². The van der Waals surface area contributed by atoms with Crippen molar-refractivity contribution in [3.8, 4) is 0 Å². The van der Waals surface area contributed by atoms with E-state index in [-0.39, 0.29) is 11.2 Å². The second kappa shape index (κ2) is 4.13. The third-order valence-electron chi connectivity index (χ3n) is 3.13. The predicted molar refractivity (Wildman–Crippen MR) is 59.1 cm³/mol. The minimum atomic E-state index is -0.138. The van der Waals surface area contributed by atoms with Gasteiger partial charge in [-0.15, -0.1) is 0 Å². The molecule has 2 N–H and O–H groups in total. The first-order valence-corrected chi connectivity index (χ1v) is 5.42. The summed E-state index contributed by atoms with van der Waals surface area (Å²) in [5.41, 5.74) is -0.273. The Morgan fingerprint density at radius 2 is 1.71 bits per heavy atom. The first-order valence-electron chi connectivity index (χ1n) is 5.01. The van der Waals surface area contributed by atoms with Crippen molar-refractivity contribution in [3.05, 3.63) is 15.3 Å². The molecule has 0 fully saturated rings. The average molecular weight is 215 g/mol. The van der Waals surface area contributed by atoms with Crippen molar-refractivity contribution < 1.29 is 0 Å². The van der Waals surface area contributed by atoms with E-state index in [4.69, 9.17) is 12.2 Å². The van der Waals surface area contributed by atoms with Crippen LogP contribution < -0.4 is 5.69 Å². The molecule has 1 aromatic rings. The van der Waals surface area contributed by atoms with Crippen molar-refractivity contribution in [1.82, 2.24) is 14.8 Å². The maximum Gasteiger partial charge on any atom is 0.342 e. The Morgan fingerprint density at radius 1 is 1.21 bits per heavy atom. The summed E-state index contributed by atoms with van der Waals surface area (Å²) in [6, 6.07) is 0. The molecule has 1 rings (SSSR count). The molecule has 1 heterocycles. The van der Waals surface area contributed by atoms with Crippen molar-refractivity contribution in [2.45, 2.75) is 45.6 Å². The fourth-order valence-corrected chi connectivity index (χ4v) is 2.29. The Labute approximate surface area is 88.3 Å². The van der Waals surface area contributed by atoms with Gasteiger partial charge in [-0.25, -0.2) is 9.89 Å². The summed E-state index contributed by atoms with van der Waals surface area (Å²) >= 11 is 5.10. The lowest BCUT2D eigenvalue weighted by molar-refractivity contribution is 0.240. The highest BCUT2D eigenvalue weighted by Gasteiger charge is 2.28. The van der Waals surface area contributed by atoms with Gasteiger partial charge in [0.15, 0.2) is 4.77 Å². The third-order valence-corrected chi connectivity index (χ3v) is 3.42. The first kappa shape index (κ1) is 11.2. The fraction of sp³-hybridized carbons (Fsp3) is 0.778. The lowest BCUT2D eigenvalue weighted by Crippen LogP contribution is -2.38. The number of nitrogens with one attached hydrogen (secondary N) is 2. The molecule has 0 amide bonds. The molecule has 0 aliphatic carbocycles. The molecule has 0 spiro atoms. The van der Waals surface area contributed by atoms with E-state index in [1.54, 1.807) is 4.57 Å². The Morgan fingerprint density at radius 3 is 2.00 bits per heavy atom. The topological polar surface area (TPSA) is 53.6 Å². The van der Waals surface area contributed by atoms with Crippen LogP contribution in [0.5, 0.6) is 0 Å². The summed E-state index contributed by atoms with van der Waals surface area (Å²) in [5, 5.41) is 5.21. The zero-order valence-electron chi connectivity index (χ0n) is 8.89. The normalized spacial score (nSPS) is 11.9. The van der Waals surface area contributed by atoms with E-state index >= 15 is 0 Å². The summed E-state index contributed by atoms with van der Waals surface area (Å²) in [6.45, 7) is 6.25. The standard InChI is InChI=1S/C9H17N3OS/c1-4-9(5-2,6-3)12-7(13)10-11-8(12)14/h4-6H2,1-3H3,(H,10,13)(H,11,14). The van der Waals surface area contributed by atoms with Crippen molar-refractivity contribution in [3.63, 3.8) is 0 Å². The lowest BCUT2D eigenvalue weighted by atomic mass is 9.90. The molecule has 0 aromatic carbocycles. The molecule has 0 radical (unpaired) electrons. The highest BCUT2D eigenvalue weighted by atomic mass is 32.1. The minimum Gasteiger partial charge on any atom is -0.272 e. The van der Waals surface area contributed by atoms with Gasteiger partial charge < -0.3 is 0 Å². The number of hydrogen-bond acceptors (Lipinski definition) is 2. The molecule has 5 heteroatoms. The van der Waals surface area contributed by atoms with Crippen LogP contribution >= 0.6 is 12.2 Å². The van der Waals surface area contributed by atoms with Crippen LogP contribution in [0.25, 0.3) is 0 Å². The summed E-state index contributed by atoms with van der Waals surface area (Å²) in [4.78, 5) is 11.6. The van der Waals surface area contributed by atoms with Gasteiger partial charge in [0.1, 0.15) is 0 Å². The molecule has 80 valence electrons. The third kappa shape index (κ3) is 1.56. The SMILES string of the molecule is CCC(CC)(CC)n1c(=O)[nH][nH]c1=S. The van der Waals surface area contributed by atoms with Crippen molar-refractivity contribution in [1.29, 1.82) is 0 Å². The van der Waals surface area contributed by atoms with E-state index in [2.05, 4.69) is 31.0 Å². The molecule has 1 aromatic heterocycles. The van der Waals surface area contributed by atoms with Crippen molar-refractivity contribution in [2.75, 3.05) is 0 Å². The summed E-state index contributed by atoms with van der Waals surface area (Å²) in [5.74, 6) is 0. The largest absolute Gasteiger partial charge is 0.342 e. The molecule has 0 unspecified atom stereocenters. The van der Waals surface area contributed by atoms with E-state index < -0.39 is 0 Å². The molecule has 0 bridgehead atoms. The van der Waals surface area contributed by atoms with Crippen LogP contribution in [0.3, 0.4) is 0 Å². The van der Waals surface area contributed by atoms with E-state index in [0.29, 0.717) is 4.77 Å². The van der Waals surface area contributed by atoms with E-state index in [9.17, 15) is 4.79 Å². The predicted octanol–water partition coefficient (Wildman–Crippen LogP) is 2.16. The first-order chi connectivity index (χ1) is 6.61. The Kier molecular flexibility index (Phi) is 3.31. The number of rotatable bonds is 4. The second-order valence-electron chi connectivity index (χ2n) is 3.48. The number of H-pyrrole nitrogens is 2. The Bertz CT molecular complexity index is 361. The van der Waals surface area contributed by atoms with Gasteiger partial charge in [0.05, 0.1) is 5.54 Å². The number of aromatic nitrogens is 3. The highest BCUT2D eigenvalue weighted by Crippen LogP contribution is 2.27. The van der Waals surface area contributed by atoms with Crippen LogP contribution in [0, 0.1) is 4.77 Å². The van der Waals surface area contributed by atoms with Crippen LogP contribution in [-0.4, -0.2) is 14.8 Å². The van der Waals surface area contributed by atoms with Crippen LogP contribution in [0.4, 0.5) is 0 Å². The van der Waals surface area contributed by atoms with Crippen LogP contribution in [0.2, 0.25) is 0 Å². The molecule has 4 nitrogen and oxygen atoms in total. The highest BCUT2D eigenvalue weighted by molar-refractivity contribution is 7.71. The molecule has 0 atom stereocenters. The quantitative estimate of drug-likeness (QED) is 0.756. The zero-order chi connectivity index (χ0) is 10.8. The van der Waals surface area contributed by atoms with Gasteiger partial charge in [0.25, 0.3) is 0 Å². The number of hydrogen-bond donors (Lipinski definition) is 2. The molecule has 0 aliphatic heterocycles. The molecule has 0 saturated heterocycles.